The van der Waals surface area contributed by atoms with Gasteiger partial charge in [-0.2, -0.15) is 0 Å². The summed E-state index contributed by atoms with van der Waals surface area (Å²) in [4.78, 5) is 5.41. The van der Waals surface area contributed by atoms with Gasteiger partial charge < -0.3 is 5.73 Å². The van der Waals surface area contributed by atoms with Gasteiger partial charge in [-0.05, 0) is 36.0 Å². The molecule has 0 bridgehead atoms. The van der Waals surface area contributed by atoms with Crippen molar-refractivity contribution in [2.45, 2.75) is 10.1 Å². The molecule has 6 heteroatoms. The quantitative estimate of drug-likeness (QED) is 0.575. The van der Waals surface area contributed by atoms with Gasteiger partial charge >= 0.3 is 0 Å². The van der Waals surface area contributed by atoms with Crippen LogP contribution in [-0.4, -0.2) is 19.6 Å². The Kier molecular flexibility index (Phi) is 2.75. The van der Waals surface area contributed by atoms with Gasteiger partial charge in [0.15, 0.2) is 10.8 Å². The van der Waals surface area contributed by atoms with Crippen molar-refractivity contribution < 1.29 is 0 Å². The molecule has 0 saturated heterocycles. The van der Waals surface area contributed by atoms with Gasteiger partial charge in [0.2, 0.25) is 0 Å². The number of hydrogen-bond acceptors (Lipinski definition) is 5. The fraction of sp³-hybridized carbons (Fsp3) is 0. The van der Waals surface area contributed by atoms with Crippen LogP contribution in [0, 0.1) is 0 Å². The Morgan fingerprint density at radius 3 is 2.90 bits per heavy atom. The lowest BCUT2D eigenvalue weighted by atomic mass is 10.2. The minimum atomic E-state index is 0.682. The number of nitrogens with zero attached hydrogens (tertiary/aromatic N) is 4. The number of rotatable bonds is 2. The molecule has 1 aromatic carbocycles. The van der Waals surface area contributed by atoms with Crippen molar-refractivity contribution in [3.63, 3.8) is 0 Å². The van der Waals surface area contributed by atoms with Gasteiger partial charge in [0.05, 0.1) is 11.2 Å². The number of hydrogen-bond donors (Lipinski definition) is 1. The van der Waals surface area contributed by atoms with Crippen LogP contribution in [0.25, 0.3) is 16.6 Å². The third-order valence-corrected chi connectivity index (χ3v) is 4.28. The van der Waals surface area contributed by atoms with E-state index in [0.29, 0.717) is 5.69 Å². The van der Waals surface area contributed by atoms with Crippen molar-refractivity contribution in [2.75, 3.05) is 5.73 Å². The second-order valence-electron chi connectivity index (χ2n) is 4.57. The van der Waals surface area contributed by atoms with Crippen molar-refractivity contribution in [3.8, 4) is 0 Å². The maximum absolute atomic E-state index is 5.98. The number of nitrogens with two attached hydrogens (primary N) is 1. The highest BCUT2D eigenvalue weighted by molar-refractivity contribution is 7.99. The molecule has 2 N–H and O–H groups in total. The zero-order chi connectivity index (χ0) is 14.2. The summed E-state index contributed by atoms with van der Waals surface area (Å²) in [5.41, 5.74) is 8.31. The summed E-state index contributed by atoms with van der Waals surface area (Å²) in [5.74, 6) is 0. The highest BCUT2D eigenvalue weighted by Crippen LogP contribution is 2.33. The zero-order valence-corrected chi connectivity index (χ0v) is 11.8. The molecule has 4 rings (SSSR count). The number of aromatic nitrogens is 4. The van der Waals surface area contributed by atoms with Crippen LogP contribution in [0.15, 0.2) is 64.9 Å². The lowest BCUT2D eigenvalue weighted by molar-refractivity contribution is 0.922. The zero-order valence-electron chi connectivity index (χ0n) is 11.0. The van der Waals surface area contributed by atoms with Gasteiger partial charge in [0, 0.05) is 22.7 Å². The summed E-state index contributed by atoms with van der Waals surface area (Å²) in [6, 6.07) is 13.6. The van der Waals surface area contributed by atoms with Crippen molar-refractivity contribution in [1.82, 2.24) is 19.6 Å². The number of anilines is 1. The summed E-state index contributed by atoms with van der Waals surface area (Å²) in [6.45, 7) is 0. The maximum Gasteiger partial charge on any atom is 0.200 e. The molecule has 0 fully saturated rings. The lowest BCUT2D eigenvalue weighted by Crippen LogP contribution is -1.91. The lowest BCUT2D eigenvalue weighted by Gasteiger charge is -2.06. The molecule has 0 spiro atoms. The van der Waals surface area contributed by atoms with Gasteiger partial charge in [0.25, 0.3) is 0 Å². The van der Waals surface area contributed by atoms with Crippen LogP contribution in [-0.2, 0) is 0 Å². The molecular formula is C15H11N5S. The Morgan fingerprint density at radius 1 is 1.00 bits per heavy atom. The first-order valence-electron chi connectivity index (χ1n) is 6.44. The largest absolute Gasteiger partial charge is 0.397 e. The molecule has 0 aliphatic carbocycles. The van der Waals surface area contributed by atoms with E-state index in [9.17, 15) is 0 Å². The molecule has 0 amide bonds. The number of para-hydroxylation sites is 1. The Balaban J connectivity index is 1.86. The molecular weight excluding hydrogens is 282 g/mol. The highest BCUT2D eigenvalue weighted by Gasteiger charge is 2.10. The second kappa shape index (κ2) is 4.75. The van der Waals surface area contributed by atoms with Crippen LogP contribution in [0.2, 0.25) is 0 Å². The predicted octanol–water partition coefficient (Wildman–Crippen LogP) is 3.01. The molecule has 21 heavy (non-hydrogen) atoms. The van der Waals surface area contributed by atoms with E-state index >= 15 is 0 Å². The fourth-order valence-corrected chi connectivity index (χ4v) is 3.18. The molecule has 0 saturated carbocycles. The number of nitrogen functional groups attached to an aromatic ring is 1. The minimum Gasteiger partial charge on any atom is -0.397 e. The Labute approximate surface area is 124 Å². The average Bonchev–Trinajstić information content (AvgIpc) is 2.92. The number of fused-ring (bicyclic) bond motifs is 2. The minimum absolute atomic E-state index is 0.682. The van der Waals surface area contributed by atoms with Gasteiger partial charge in [-0.25, -0.2) is 0 Å². The van der Waals surface area contributed by atoms with Gasteiger partial charge in [0.1, 0.15) is 0 Å². The first kappa shape index (κ1) is 12.2. The highest BCUT2D eigenvalue weighted by atomic mass is 32.2. The summed E-state index contributed by atoms with van der Waals surface area (Å²) < 4.78 is 1.96. The molecule has 0 atom stereocenters. The fourth-order valence-electron chi connectivity index (χ4n) is 2.25. The maximum atomic E-state index is 5.98. The summed E-state index contributed by atoms with van der Waals surface area (Å²) in [6.07, 6.45) is 3.72. The first-order chi connectivity index (χ1) is 10.3. The molecule has 4 aromatic rings. The van der Waals surface area contributed by atoms with Gasteiger partial charge in [-0.15, -0.1) is 10.2 Å². The van der Waals surface area contributed by atoms with E-state index in [1.165, 1.54) is 0 Å². The van der Waals surface area contributed by atoms with E-state index < -0.39 is 0 Å². The van der Waals surface area contributed by atoms with Crippen LogP contribution in [0.1, 0.15) is 0 Å². The standard InChI is InChI=1S/C15H11N5S/c16-11-5-3-4-10-12(7-8-17-14(10)11)21-15-19-18-13-6-1-2-9-20(13)15/h1-9H,16H2. The van der Waals surface area contributed by atoms with E-state index in [0.717, 1.165) is 26.6 Å². The predicted molar refractivity (Wildman–Crippen MR) is 83.3 cm³/mol. The van der Waals surface area contributed by atoms with Crippen LogP contribution in [0.4, 0.5) is 5.69 Å². The number of benzene rings is 1. The van der Waals surface area contributed by atoms with Gasteiger partial charge in [-0.3, -0.25) is 9.38 Å². The Bertz CT molecular complexity index is 947. The van der Waals surface area contributed by atoms with Crippen LogP contribution < -0.4 is 5.73 Å². The summed E-state index contributed by atoms with van der Waals surface area (Å²) in [7, 11) is 0. The second-order valence-corrected chi connectivity index (χ2v) is 5.58. The Hall–Kier alpha value is -2.60. The average molecular weight is 293 g/mol. The summed E-state index contributed by atoms with van der Waals surface area (Å²) in [5, 5.41) is 10.3. The van der Waals surface area contributed by atoms with Gasteiger partial charge in [-0.1, -0.05) is 18.2 Å². The molecule has 0 unspecified atom stereocenters. The molecule has 0 radical (unpaired) electrons. The van der Waals surface area contributed by atoms with Crippen molar-refractivity contribution in [1.29, 1.82) is 0 Å². The molecule has 3 heterocycles. The van der Waals surface area contributed by atoms with Crippen LogP contribution >= 0.6 is 11.8 Å². The molecule has 5 nitrogen and oxygen atoms in total. The first-order valence-corrected chi connectivity index (χ1v) is 7.25. The molecule has 0 aliphatic rings. The smallest absolute Gasteiger partial charge is 0.200 e. The topological polar surface area (TPSA) is 69.1 Å². The van der Waals surface area contributed by atoms with E-state index in [-0.39, 0.29) is 0 Å². The molecule has 3 aromatic heterocycles. The SMILES string of the molecule is Nc1cccc2c(Sc3nnc4ccccn34)ccnc12. The van der Waals surface area contributed by atoms with Crippen molar-refractivity contribution in [2.24, 2.45) is 0 Å². The summed E-state index contributed by atoms with van der Waals surface area (Å²) >= 11 is 1.56. The molecule has 0 aliphatic heterocycles. The van der Waals surface area contributed by atoms with Crippen LogP contribution in [0.5, 0.6) is 0 Å². The Morgan fingerprint density at radius 2 is 1.95 bits per heavy atom. The normalized spacial score (nSPS) is 11.2. The van der Waals surface area contributed by atoms with E-state index in [4.69, 9.17) is 5.73 Å². The molecule has 102 valence electrons. The third kappa shape index (κ3) is 2.00. The third-order valence-electron chi connectivity index (χ3n) is 3.25. The van der Waals surface area contributed by atoms with Crippen molar-refractivity contribution in [3.05, 3.63) is 54.9 Å². The van der Waals surface area contributed by atoms with E-state index in [1.807, 2.05) is 53.1 Å². The van der Waals surface area contributed by atoms with E-state index in [1.54, 1.807) is 18.0 Å². The van der Waals surface area contributed by atoms with Crippen molar-refractivity contribution >= 4 is 34.0 Å². The number of pyridine rings is 2. The van der Waals surface area contributed by atoms with E-state index in [2.05, 4.69) is 15.2 Å². The monoisotopic (exact) mass is 293 g/mol. The van der Waals surface area contributed by atoms with Crippen LogP contribution in [0.3, 0.4) is 0 Å².